The number of aromatic nitrogens is 2. The smallest absolute Gasteiger partial charge is 0.259 e. The van der Waals surface area contributed by atoms with Crippen LogP contribution in [0.4, 0.5) is 0 Å². The topological polar surface area (TPSA) is 94.5 Å². The monoisotopic (exact) mass is 456 g/mol. The minimum Gasteiger partial charge on any atom is -0.492 e. The van der Waals surface area contributed by atoms with Crippen LogP contribution in [0.25, 0.3) is 0 Å². The first-order valence-corrected chi connectivity index (χ1v) is 12.0. The molecule has 1 aromatic heterocycles. The lowest BCUT2D eigenvalue weighted by molar-refractivity contribution is 0.217. The summed E-state index contributed by atoms with van der Waals surface area (Å²) >= 11 is 0. The first-order chi connectivity index (χ1) is 15.5. The number of aryl methyl sites for hydroxylation is 1. The second-order valence-electron chi connectivity index (χ2n) is 7.83. The second kappa shape index (κ2) is 9.72. The molecule has 0 aliphatic carbocycles. The van der Waals surface area contributed by atoms with Gasteiger partial charge in [-0.3, -0.25) is 0 Å². The molecule has 8 nitrogen and oxygen atoms in total. The third-order valence-corrected chi connectivity index (χ3v) is 6.92. The predicted octanol–water partition coefficient (Wildman–Crippen LogP) is 2.08. The highest BCUT2D eigenvalue weighted by atomic mass is 32.2. The molecule has 2 aromatic carbocycles. The van der Waals surface area contributed by atoms with Gasteiger partial charge in [-0.25, -0.2) is 18.1 Å². The number of sulfonamides is 1. The average molecular weight is 457 g/mol. The Hall–Kier alpha value is -2.88. The molecule has 2 N–H and O–H groups in total. The molecule has 32 heavy (non-hydrogen) atoms. The molecule has 2 unspecified atom stereocenters. The van der Waals surface area contributed by atoms with E-state index in [-0.39, 0.29) is 30.1 Å². The van der Waals surface area contributed by atoms with Crippen molar-refractivity contribution in [1.82, 2.24) is 19.6 Å². The van der Waals surface area contributed by atoms with Crippen LogP contribution >= 0.6 is 0 Å². The number of benzene rings is 2. The molecule has 2 atom stereocenters. The zero-order chi connectivity index (χ0) is 22.6. The van der Waals surface area contributed by atoms with E-state index in [0.717, 1.165) is 17.7 Å². The zero-order valence-electron chi connectivity index (χ0n) is 18.2. The predicted molar refractivity (Wildman–Crippen MR) is 122 cm³/mol. The largest absolute Gasteiger partial charge is 0.492 e. The number of hydrogen-bond acceptors (Lipinski definition) is 6. The van der Waals surface area contributed by atoms with E-state index in [4.69, 9.17) is 9.47 Å². The van der Waals surface area contributed by atoms with Gasteiger partial charge in [-0.1, -0.05) is 30.3 Å². The molecule has 2 heterocycles. The van der Waals surface area contributed by atoms with E-state index in [1.165, 1.54) is 18.1 Å². The highest BCUT2D eigenvalue weighted by molar-refractivity contribution is 7.89. The average Bonchev–Trinajstić information content (AvgIpc) is 3.25. The summed E-state index contributed by atoms with van der Waals surface area (Å²) in [5.74, 6) is 1.78. The number of imidazole rings is 1. The maximum absolute atomic E-state index is 12.3. The molecule has 0 saturated heterocycles. The van der Waals surface area contributed by atoms with Crippen LogP contribution in [0.5, 0.6) is 11.5 Å². The molecule has 170 valence electrons. The summed E-state index contributed by atoms with van der Waals surface area (Å²) in [6, 6.07) is 16.3. The molecule has 1 aliphatic rings. The number of likely N-dealkylation sites (N-methyl/N-ethyl adjacent to an activating group) is 1. The van der Waals surface area contributed by atoms with Crippen LogP contribution in [0.1, 0.15) is 17.0 Å². The lowest BCUT2D eigenvalue weighted by Gasteiger charge is -2.34. The number of ether oxygens (including phenoxy) is 2. The molecule has 0 radical (unpaired) electrons. The molecular weight excluding hydrogens is 428 g/mol. The van der Waals surface area contributed by atoms with Crippen LogP contribution in [0.2, 0.25) is 0 Å². The summed E-state index contributed by atoms with van der Waals surface area (Å²) in [4.78, 5) is 3.88. The lowest BCUT2D eigenvalue weighted by Crippen LogP contribution is -2.41. The van der Waals surface area contributed by atoms with Crippen molar-refractivity contribution in [2.75, 3.05) is 26.8 Å². The van der Waals surface area contributed by atoms with Crippen molar-refractivity contribution in [2.45, 2.75) is 23.4 Å². The van der Waals surface area contributed by atoms with Gasteiger partial charge in [-0.05, 0) is 37.2 Å². The van der Waals surface area contributed by atoms with Crippen molar-refractivity contribution in [3.63, 3.8) is 0 Å². The van der Waals surface area contributed by atoms with Crippen LogP contribution in [-0.4, -0.2) is 50.8 Å². The Morgan fingerprint density at radius 2 is 2.03 bits per heavy atom. The van der Waals surface area contributed by atoms with Crippen LogP contribution in [-0.2, 0) is 23.5 Å². The Morgan fingerprint density at radius 3 is 2.75 bits per heavy atom. The summed E-state index contributed by atoms with van der Waals surface area (Å²) in [5.41, 5.74) is 2.35. The molecule has 1 aliphatic heterocycles. The Bertz CT molecular complexity index is 1150. The van der Waals surface area contributed by atoms with E-state index in [1.54, 1.807) is 11.6 Å². The van der Waals surface area contributed by atoms with Gasteiger partial charge in [-0.15, -0.1) is 0 Å². The second-order valence-corrected chi connectivity index (χ2v) is 9.54. The molecule has 4 rings (SSSR count). The normalized spacial score (nSPS) is 18.1. The van der Waals surface area contributed by atoms with Crippen molar-refractivity contribution in [3.8, 4) is 11.5 Å². The standard InChI is InChI=1S/C23H28N4O4S/c1-24-21-15-31-22-9-8-18(13-20(22)19(21)12-17-6-4-3-5-7-17)30-11-10-26-32(28,29)23-14-27(2)16-25-23/h3-9,13-14,16,19,21,24,26H,10-12,15H2,1-2H3. The number of hydrogen-bond donors (Lipinski definition) is 2. The first-order valence-electron chi connectivity index (χ1n) is 10.5. The molecule has 9 heteroatoms. The van der Waals surface area contributed by atoms with E-state index in [2.05, 4.69) is 39.3 Å². The van der Waals surface area contributed by atoms with Crippen LogP contribution < -0.4 is 19.5 Å². The van der Waals surface area contributed by atoms with Gasteiger partial charge in [0.25, 0.3) is 10.0 Å². The molecule has 0 fully saturated rings. The van der Waals surface area contributed by atoms with Crippen molar-refractivity contribution in [2.24, 2.45) is 7.05 Å². The van der Waals surface area contributed by atoms with Crippen LogP contribution in [0, 0.1) is 0 Å². The third-order valence-electron chi connectivity index (χ3n) is 5.57. The number of nitrogens with one attached hydrogen (secondary N) is 2. The minimum absolute atomic E-state index is 0.00668. The zero-order valence-corrected chi connectivity index (χ0v) is 19.0. The molecule has 0 spiro atoms. The number of rotatable bonds is 9. The first kappa shape index (κ1) is 22.3. The quantitative estimate of drug-likeness (QED) is 0.479. The van der Waals surface area contributed by atoms with Gasteiger partial charge >= 0.3 is 0 Å². The lowest BCUT2D eigenvalue weighted by atomic mass is 9.84. The van der Waals surface area contributed by atoms with Gasteiger partial charge in [-0.2, -0.15) is 0 Å². The van der Waals surface area contributed by atoms with Gasteiger partial charge in [0.2, 0.25) is 0 Å². The van der Waals surface area contributed by atoms with E-state index in [0.29, 0.717) is 12.4 Å². The summed E-state index contributed by atoms with van der Waals surface area (Å²) in [7, 11) is 0.0178. The minimum atomic E-state index is -3.65. The Morgan fingerprint density at radius 1 is 1.22 bits per heavy atom. The van der Waals surface area contributed by atoms with Gasteiger partial charge in [0.05, 0.1) is 6.33 Å². The van der Waals surface area contributed by atoms with Gasteiger partial charge in [0.15, 0.2) is 5.03 Å². The van der Waals surface area contributed by atoms with Crippen molar-refractivity contribution in [3.05, 3.63) is 72.2 Å². The van der Waals surface area contributed by atoms with Gasteiger partial charge < -0.3 is 19.4 Å². The van der Waals surface area contributed by atoms with Crippen molar-refractivity contribution in [1.29, 1.82) is 0 Å². The fourth-order valence-corrected chi connectivity index (χ4v) is 4.89. The van der Waals surface area contributed by atoms with Gasteiger partial charge in [0.1, 0.15) is 24.7 Å². The number of fused-ring (bicyclic) bond motifs is 1. The van der Waals surface area contributed by atoms with Gasteiger partial charge in [0, 0.05) is 37.3 Å². The summed E-state index contributed by atoms with van der Waals surface area (Å²) in [6.45, 7) is 0.945. The van der Waals surface area contributed by atoms with Crippen molar-refractivity contribution >= 4 is 10.0 Å². The summed E-state index contributed by atoms with van der Waals surface area (Å²) in [5, 5.41) is 3.36. The Balaban J connectivity index is 1.42. The fourth-order valence-electron chi connectivity index (χ4n) is 3.90. The van der Waals surface area contributed by atoms with E-state index >= 15 is 0 Å². The molecular formula is C23H28N4O4S. The van der Waals surface area contributed by atoms with Crippen LogP contribution in [0.15, 0.2) is 66.1 Å². The molecule has 0 saturated carbocycles. The van der Waals surface area contributed by atoms with E-state index < -0.39 is 10.0 Å². The highest BCUT2D eigenvalue weighted by Crippen LogP contribution is 2.38. The number of nitrogens with zero attached hydrogens (tertiary/aromatic N) is 2. The maximum atomic E-state index is 12.3. The third kappa shape index (κ3) is 5.12. The SMILES string of the molecule is CNC1COc2ccc(OCCNS(=O)(=O)c3cn(C)cn3)cc2C1Cc1ccccc1. The Labute approximate surface area is 188 Å². The van der Waals surface area contributed by atoms with Crippen LogP contribution in [0.3, 0.4) is 0 Å². The highest BCUT2D eigenvalue weighted by Gasteiger charge is 2.30. The van der Waals surface area contributed by atoms with E-state index in [1.807, 2.05) is 31.3 Å². The summed E-state index contributed by atoms with van der Waals surface area (Å²) < 4.78 is 40.4. The molecule has 3 aromatic rings. The van der Waals surface area contributed by atoms with E-state index in [9.17, 15) is 8.42 Å². The fraction of sp³-hybridized carbons (Fsp3) is 0.348. The molecule has 0 amide bonds. The van der Waals surface area contributed by atoms with Crippen molar-refractivity contribution < 1.29 is 17.9 Å². The summed E-state index contributed by atoms with van der Waals surface area (Å²) in [6.07, 6.45) is 3.79. The molecule has 0 bridgehead atoms. The Kier molecular flexibility index (Phi) is 6.78. The maximum Gasteiger partial charge on any atom is 0.259 e.